The van der Waals surface area contributed by atoms with Crippen LogP contribution in [0.1, 0.15) is 11.1 Å². The van der Waals surface area contributed by atoms with E-state index in [1.165, 1.54) is 13.2 Å². The van der Waals surface area contributed by atoms with Gasteiger partial charge in [0.25, 0.3) is 0 Å². The van der Waals surface area contributed by atoms with Gasteiger partial charge in [-0.05, 0) is 29.8 Å². The van der Waals surface area contributed by atoms with Gasteiger partial charge in [0.2, 0.25) is 0 Å². The minimum Gasteiger partial charge on any atom is -0.466 e. The molecule has 0 aromatic heterocycles. The van der Waals surface area contributed by atoms with Crippen molar-refractivity contribution in [2.24, 2.45) is 0 Å². The first-order valence-corrected chi connectivity index (χ1v) is 4.57. The highest BCUT2D eigenvalue weighted by atomic mass is 19.4. The Balaban J connectivity index is 3.07. The lowest BCUT2D eigenvalue weighted by molar-refractivity contribution is -0.137. The number of methoxy groups -OCH3 is 1. The summed E-state index contributed by atoms with van der Waals surface area (Å²) in [5.41, 5.74) is 4.93. The number of esters is 1. The lowest BCUT2D eigenvalue weighted by atomic mass is 10.1. The van der Waals surface area contributed by atoms with Crippen molar-refractivity contribution in [3.8, 4) is 0 Å². The largest absolute Gasteiger partial charge is 0.466 e. The molecule has 1 aromatic carbocycles. The predicted octanol–water partition coefficient (Wildman–Crippen LogP) is 2.47. The SMILES string of the molecule is COC(=O)/C=C/c1cc(C(F)(F)F)ccc1N. The summed E-state index contributed by atoms with van der Waals surface area (Å²) in [6.07, 6.45) is -2.26. The summed E-state index contributed by atoms with van der Waals surface area (Å²) in [6, 6.07) is 2.89. The van der Waals surface area contributed by atoms with Gasteiger partial charge in [-0.2, -0.15) is 13.2 Å². The number of alkyl halides is 3. The number of nitrogen functional groups attached to an aromatic ring is 1. The van der Waals surface area contributed by atoms with Crippen LogP contribution in [0.3, 0.4) is 0 Å². The van der Waals surface area contributed by atoms with Gasteiger partial charge in [0.1, 0.15) is 0 Å². The normalized spacial score (nSPS) is 11.8. The summed E-state index contributed by atoms with van der Waals surface area (Å²) >= 11 is 0. The molecular weight excluding hydrogens is 235 g/mol. The maximum Gasteiger partial charge on any atom is 0.416 e. The van der Waals surface area contributed by atoms with Gasteiger partial charge in [0.05, 0.1) is 12.7 Å². The molecule has 0 amide bonds. The zero-order valence-electron chi connectivity index (χ0n) is 8.91. The van der Waals surface area contributed by atoms with Crippen molar-refractivity contribution in [3.05, 3.63) is 35.4 Å². The Hall–Kier alpha value is -1.98. The van der Waals surface area contributed by atoms with Crippen LogP contribution in [0.25, 0.3) is 6.08 Å². The zero-order valence-corrected chi connectivity index (χ0v) is 8.91. The van der Waals surface area contributed by atoms with Crippen LogP contribution in [0.5, 0.6) is 0 Å². The molecule has 0 bridgehead atoms. The first-order chi connectivity index (χ1) is 7.84. The van der Waals surface area contributed by atoms with Gasteiger partial charge < -0.3 is 10.5 Å². The van der Waals surface area contributed by atoms with Crippen molar-refractivity contribution >= 4 is 17.7 Å². The third-order valence-corrected chi connectivity index (χ3v) is 2.01. The van der Waals surface area contributed by atoms with Crippen molar-refractivity contribution in [3.63, 3.8) is 0 Å². The van der Waals surface area contributed by atoms with E-state index in [1.807, 2.05) is 0 Å². The number of carbonyl (C=O) groups is 1. The van der Waals surface area contributed by atoms with E-state index in [9.17, 15) is 18.0 Å². The maximum atomic E-state index is 12.4. The summed E-state index contributed by atoms with van der Waals surface area (Å²) in [5.74, 6) is -0.665. The number of anilines is 1. The molecule has 17 heavy (non-hydrogen) atoms. The standard InChI is InChI=1S/C11H10F3NO2/c1-17-10(16)5-2-7-6-8(11(12,13)14)3-4-9(7)15/h2-6H,15H2,1H3/b5-2+. The second-order valence-corrected chi connectivity index (χ2v) is 3.20. The minimum absolute atomic E-state index is 0.116. The molecule has 1 rings (SSSR count). The topological polar surface area (TPSA) is 52.3 Å². The molecule has 0 saturated carbocycles. The lowest BCUT2D eigenvalue weighted by Crippen LogP contribution is -2.05. The number of rotatable bonds is 2. The van der Waals surface area contributed by atoms with E-state index in [0.29, 0.717) is 0 Å². The maximum absolute atomic E-state index is 12.4. The van der Waals surface area contributed by atoms with Gasteiger partial charge in [-0.25, -0.2) is 4.79 Å². The van der Waals surface area contributed by atoms with Crippen molar-refractivity contribution in [1.82, 2.24) is 0 Å². The van der Waals surface area contributed by atoms with Crippen LogP contribution in [-0.4, -0.2) is 13.1 Å². The van der Waals surface area contributed by atoms with Crippen molar-refractivity contribution < 1.29 is 22.7 Å². The molecule has 0 saturated heterocycles. The van der Waals surface area contributed by atoms with Crippen LogP contribution in [0, 0.1) is 0 Å². The van der Waals surface area contributed by atoms with Crippen molar-refractivity contribution in [2.45, 2.75) is 6.18 Å². The Morgan fingerprint density at radius 1 is 1.41 bits per heavy atom. The van der Waals surface area contributed by atoms with Crippen LogP contribution in [0.2, 0.25) is 0 Å². The highest BCUT2D eigenvalue weighted by Gasteiger charge is 2.30. The van der Waals surface area contributed by atoms with E-state index in [0.717, 1.165) is 24.3 Å². The van der Waals surface area contributed by atoms with E-state index in [2.05, 4.69) is 4.74 Å². The molecule has 0 radical (unpaired) electrons. The predicted molar refractivity (Wildman–Crippen MR) is 56.9 cm³/mol. The summed E-state index contributed by atoms with van der Waals surface area (Å²) in [7, 11) is 1.17. The third-order valence-electron chi connectivity index (χ3n) is 2.01. The number of nitrogens with two attached hydrogens (primary N) is 1. The van der Waals surface area contributed by atoms with E-state index in [1.54, 1.807) is 0 Å². The quantitative estimate of drug-likeness (QED) is 0.494. The molecule has 0 atom stereocenters. The Kier molecular flexibility index (Phi) is 3.77. The van der Waals surface area contributed by atoms with Crippen molar-refractivity contribution in [1.29, 1.82) is 0 Å². The smallest absolute Gasteiger partial charge is 0.416 e. The Morgan fingerprint density at radius 3 is 2.59 bits per heavy atom. The number of halogens is 3. The number of benzene rings is 1. The highest BCUT2D eigenvalue weighted by Crippen LogP contribution is 2.31. The summed E-state index contributed by atoms with van der Waals surface area (Å²) in [6.45, 7) is 0. The lowest BCUT2D eigenvalue weighted by Gasteiger charge is -2.08. The molecule has 0 aliphatic carbocycles. The molecule has 92 valence electrons. The molecule has 6 heteroatoms. The second kappa shape index (κ2) is 4.90. The van der Waals surface area contributed by atoms with Crippen LogP contribution < -0.4 is 5.73 Å². The van der Waals surface area contributed by atoms with Crippen LogP contribution in [0.4, 0.5) is 18.9 Å². The first-order valence-electron chi connectivity index (χ1n) is 4.57. The van der Waals surface area contributed by atoms with Gasteiger partial charge in [-0.1, -0.05) is 0 Å². The first kappa shape index (κ1) is 13.1. The summed E-state index contributed by atoms with van der Waals surface area (Å²) in [4.78, 5) is 10.8. The molecule has 2 N–H and O–H groups in total. The van der Waals surface area contributed by atoms with E-state index < -0.39 is 17.7 Å². The number of hydrogen-bond acceptors (Lipinski definition) is 3. The summed E-state index contributed by atoms with van der Waals surface area (Å²) < 4.78 is 41.5. The van der Waals surface area contributed by atoms with Crippen LogP contribution in [0.15, 0.2) is 24.3 Å². The molecule has 0 spiro atoms. The summed E-state index contributed by atoms with van der Waals surface area (Å²) in [5, 5.41) is 0. The third kappa shape index (κ3) is 3.51. The van der Waals surface area contributed by atoms with E-state index in [-0.39, 0.29) is 11.3 Å². The fraction of sp³-hybridized carbons (Fsp3) is 0.182. The molecule has 3 nitrogen and oxygen atoms in total. The highest BCUT2D eigenvalue weighted by molar-refractivity contribution is 5.88. The number of ether oxygens (including phenoxy) is 1. The molecule has 0 aliphatic heterocycles. The van der Waals surface area contributed by atoms with Gasteiger partial charge in [0, 0.05) is 11.8 Å². The molecule has 0 aliphatic rings. The van der Waals surface area contributed by atoms with Gasteiger partial charge in [-0.3, -0.25) is 0 Å². The zero-order chi connectivity index (χ0) is 13.1. The Labute approximate surface area is 95.7 Å². The van der Waals surface area contributed by atoms with Gasteiger partial charge in [-0.15, -0.1) is 0 Å². The second-order valence-electron chi connectivity index (χ2n) is 3.20. The average molecular weight is 245 g/mol. The minimum atomic E-state index is -4.44. The van der Waals surface area contributed by atoms with Crippen molar-refractivity contribution in [2.75, 3.05) is 12.8 Å². The van der Waals surface area contributed by atoms with Crippen LogP contribution >= 0.6 is 0 Å². The molecule has 0 fully saturated rings. The number of carbonyl (C=O) groups excluding carboxylic acids is 1. The van der Waals surface area contributed by atoms with Gasteiger partial charge >= 0.3 is 12.1 Å². The fourth-order valence-electron chi connectivity index (χ4n) is 1.12. The van der Waals surface area contributed by atoms with E-state index in [4.69, 9.17) is 5.73 Å². The van der Waals surface area contributed by atoms with Crippen LogP contribution in [-0.2, 0) is 15.7 Å². The van der Waals surface area contributed by atoms with E-state index >= 15 is 0 Å². The fourth-order valence-corrected chi connectivity index (χ4v) is 1.12. The Morgan fingerprint density at radius 2 is 2.06 bits per heavy atom. The molecule has 0 unspecified atom stereocenters. The number of hydrogen-bond donors (Lipinski definition) is 1. The average Bonchev–Trinajstić information content (AvgIpc) is 2.26. The Bertz CT molecular complexity index is 453. The monoisotopic (exact) mass is 245 g/mol. The molecule has 0 heterocycles. The van der Waals surface area contributed by atoms with Gasteiger partial charge in [0.15, 0.2) is 0 Å². The molecular formula is C11H10F3NO2. The molecule has 1 aromatic rings.